The van der Waals surface area contributed by atoms with Gasteiger partial charge in [-0.3, -0.25) is 29.0 Å². The molecule has 0 radical (unpaired) electrons. The minimum absolute atomic E-state index is 0.0288. The van der Waals surface area contributed by atoms with Crippen LogP contribution in [0.2, 0.25) is 5.02 Å². The van der Waals surface area contributed by atoms with E-state index in [2.05, 4.69) is 20.0 Å². The lowest BCUT2D eigenvalue weighted by atomic mass is 9.89. The van der Waals surface area contributed by atoms with Crippen LogP contribution in [0.25, 0.3) is 0 Å². The van der Waals surface area contributed by atoms with E-state index in [1.54, 1.807) is 42.5 Å². The topological polar surface area (TPSA) is 166 Å². The van der Waals surface area contributed by atoms with Gasteiger partial charge < -0.3 is 20.3 Å². The Morgan fingerprint density at radius 2 is 1.70 bits per heavy atom. The first-order chi connectivity index (χ1) is 25.6. The second-order valence-electron chi connectivity index (χ2n) is 14.6. The van der Waals surface area contributed by atoms with Crippen LogP contribution in [0.4, 0.5) is 10.2 Å². The number of rotatable bonds is 8. The van der Waals surface area contributed by atoms with E-state index in [-0.39, 0.29) is 66.3 Å². The summed E-state index contributed by atoms with van der Waals surface area (Å²) >= 11 is 6.16. The number of primary amides is 1. The molecule has 8 rings (SSSR count). The van der Waals surface area contributed by atoms with E-state index in [4.69, 9.17) is 27.3 Å². The van der Waals surface area contributed by atoms with Crippen LogP contribution in [-0.2, 0) is 22.7 Å². The third kappa shape index (κ3) is 6.46. The number of aromatic nitrogens is 2. The van der Waals surface area contributed by atoms with Crippen LogP contribution >= 0.6 is 11.6 Å². The smallest absolute Gasteiger partial charge is 0.269 e. The number of nitrogens with zero attached hydrogens (tertiary/aromatic N) is 7. The van der Waals surface area contributed by atoms with Gasteiger partial charge >= 0.3 is 0 Å². The summed E-state index contributed by atoms with van der Waals surface area (Å²) in [4.78, 5) is 59.4. The lowest BCUT2D eigenvalue weighted by molar-refractivity contribution is -0.156. The Morgan fingerprint density at radius 1 is 0.962 bits per heavy atom. The molecule has 3 saturated heterocycles. The van der Waals surface area contributed by atoms with Crippen LogP contribution in [-0.4, -0.2) is 91.9 Å². The molecular weight excluding hydrogens is 703 g/mol. The number of nitrogens with two attached hydrogens (primary N) is 1. The number of piperidine rings is 1. The average molecular weight is 741 g/mol. The summed E-state index contributed by atoms with van der Waals surface area (Å²) in [6.07, 6.45) is 4.42. The fraction of sp³-hybridized carbons (Fsp3) is 0.447. The maximum Gasteiger partial charge on any atom is 0.269 e. The van der Waals surface area contributed by atoms with Crippen molar-refractivity contribution in [3.05, 3.63) is 81.3 Å². The number of anilines is 1. The number of hydrogen-bond donors (Lipinski definition) is 1. The molecule has 4 aliphatic heterocycles. The Hall–Kier alpha value is -5.13. The van der Waals surface area contributed by atoms with E-state index in [9.17, 15) is 19.2 Å². The second-order valence-corrected chi connectivity index (χ2v) is 15.0. The van der Waals surface area contributed by atoms with Crippen molar-refractivity contribution >= 4 is 41.0 Å². The van der Waals surface area contributed by atoms with Gasteiger partial charge in [0.05, 0.1) is 23.2 Å². The highest BCUT2D eigenvalue weighted by atomic mass is 35.5. The molecule has 1 aliphatic carbocycles. The molecule has 5 aliphatic rings. The van der Waals surface area contributed by atoms with Gasteiger partial charge in [-0.2, -0.15) is 5.26 Å². The van der Waals surface area contributed by atoms with Crippen LogP contribution in [0.15, 0.2) is 42.5 Å². The second kappa shape index (κ2) is 14.0. The molecule has 13 nitrogen and oxygen atoms in total. The van der Waals surface area contributed by atoms with E-state index in [1.165, 1.54) is 9.80 Å². The van der Waals surface area contributed by atoms with Crippen molar-refractivity contribution in [2.24, 2.45) is 5.73 Å². The summed E-state index contributed by atoms with van der Waals surface area (Å²) in [5.41, 5.74) is 6.83. The van der Waals surface area contributed by atoms with Gasteiger partial charge in [-0.05, 0) is 75.3 Å². The SMILES string of the molecule is N#Cc1ccc(OC2CCC(N3C(=O)CC[C@@H](N4Cc5c(ccc(CN6C[C@H]7CC[C@H](C6)N7c6ccc(C(N)=O)nn6)c5F)C4=O)C3=O)CC2)cc1Cl. The van der Waals surface area contributed by atoms with E-state index >= 15 is 4.39 Å². The van der Waals surface area contributed by atoms with E-state index in [0.717, 1.165) is 12.8 Å². The van der Waals surface area contributed by atoms with Crippen LogP contribution in [0.5, 0.6) is 5.75 Å². The number of amides is 4. The van der Waals surface area contributed by atoms with Crippen molar-refractivity contribution in [3.63, 3.8) is 0 Å². The number of hydrogen-bond acceptors (Lipinski definition) is 10. The summed E-state index contributed by atoms with van der Waals surface area (Å²) in [5, 5.41) is 17.7. The summed E-state index contributed by atoms with van der Waals surface area (Å²) in [6, 6.07) is 12.8. The number of likely N-dealkylation sites (tertiary alicyclic amines) is 2. The summed E-state index contributed by atoms with van der Waals surface area (Å²) in [5.74, 6) is -0.876. The standard InChI is InChI=1S/C38H38ClFN8O5/c39-30-15-27(7-1-21(30)16-41)53-26-8-5-23(6-9-26)48-34(49)14-12-32(38(48)52)46-20-29-28(37(46)51)10-2-22(35(29)40)17-45-18-24-3-4-25(19-45)47(24)33-13-11-31(36(42)50)43-44-33/h1-2,7,10-11,13,15,23-26,32H,3-6,8-9,12,14,17-20H2,(H2,42,50)/t23?,24-,25-,26?,32-/m1/s1. The Balaban J connectivity index is 0.901. The lowest BCUT2D eigenvalue weighted by Crippen LogP contribution is -2.58. The van der Waals surface area contributed by atoms with Gasteiger partial charge in [-0.15, -0.1) is 10.2 Å². The molecule has 3 aromatic rings. The van der Waals surface area contributed by atoms with Crippen LogP contribution < -0.4 is 15.4 Å². The predicted molar refractivity (Wildman–Crippen MR) is 189 cm³/mol. The largest absolute Gasteiger partial charge is 0.490 e. The summed E-state index contributed by atoms with van der Waals surface area (Å²) in [7, 11) is 0. The monoisotopic (exact) mass is 740 g/mol. The molecule has 5 heterocycles. The number of piperazine rings is 1. The molecule has 0 unspecified atom stereocenters. The third-order valence-electron chi connectivity index (χ3n) is 11.4. The Labute approximate surface area is 310 Å². The van der Waals surface area contributed by atoms with Crippen molar-refractivity contribution in [2.45, 2.75) is 94.7 Å². The number of fused-ring (bicyclic) bond motifs is 3. The normalized spacial score (nSPS) is 25.8. The van der Waals surface area contributed by atoms with Gasteiger partial charge in [0, 0.05) is 66.9 Å². The predicted octanol–water partition coefficient (Wildman–Crippen LogP) is 3.96. The number of ether oxygens (including phenoxy) is 1. The maximum atomic E-state index is 16.2. The van der Waals surface area contributed by atoms with E-state index in [0.29, 0.717) is 73.0 Å². The fourth-order valence-corrected chi connectivity index (χ4v) is 9.07. The molecule has 1 aromatic heterocycles. The third-order valence-corrected chi connectivity index (χ3v) is 11.7. The molecule has 4 amide bonds. The molecule has 2 aromatic carbocycles. The zero-order valence-electron chi connectivity index (χ0n) is 28.9. The molecule has 2 N–H and O–H groups in total. The van der Waals surface area contributed by atoms with Gasteiger partial charge in [-0.1, -0.05) is 17.7 Å². The first-order valence-electron chi connectivity index (χ1n) is 18.1. The minimum Gasteiger partial charge on any atom is -0.490 e. The highest BCUT2D eigenvalue weighted by Crippen LogP contribution is 2.37. The summed E-state index contributed by atoms with van der Waals surface area (Å²) < 4.78 is 22.3. The van der Waals surface area contributed by atoms with E-state index < -0.39 is 29.6 Å². The Morgan fingerprint density at radius 3 is 2.36 bits per heavy atom. The van der Waals surface area contributed by atoms with Gasteiger partial charge in [0.25, 0.3) is 17.7 Å². The van der Waals surface area contributed by atoms with Gasteiger partial charge in [0.1, 0.15) is 23.7 Å². The maximum absolute atomic E-state index is 16.2. The number of imide groups is 1. The molecule has 1 saturated carbocycles. The fourth-order valence-electron chi connectivity index (χ4n) is 8.86. The minimum atomic E-state index is -0.853. The summed E-state index contributed by atoms with van der Waals surface area (Å²) in [6.45, 7) is 1.72. The Kier molecular flexibility index (Phi) is 9.24. The molecule has 3 atom stereocenters. The number of carbonyl (C=O) groups is 4. The molecule has 4 fully saturated rings. The molecule has 0 spiro atoms. The molecule has 53 heavy (non-hydrogen) atoms. The highest BCUT2D eigenvalue weighted by Gasteiger charge is 2.47. The van der Waals surface area contributed by atoms with Crippen LogP contribution in [0.3, 0.4) is 0 Å². The first-order valence-corrected chi connectivity index (χ1v) is 18.4. The molecule has 274 valence electrons. The highest BCUT2D eigenvalue weighted by molar-refractivity contribution is 6.31. The number of halogens is 2. The van der Waals surface area contributed by atoms with Gasteiger partial charge in [0.2, 0.25) is 5.91 Å². The zero-order chi connectivity index (χ0) is 37.0. The Bertz CT molecular complexity index is 2020. The lowest BCUT2D eigenvalue weighted by Gasteiger charge is -2.41. The van der Waals surface area contributed by atoms with Crippen molar-refractivity contribution < 1.29 is 28.3 Å². The van der Waals surface area contributed by atoms with Crippen LogP contribution in [0, 0.1) is 17.1 Å². The van der Waals surface area contributed by atoms with Gasteiger partial charge in [0.15, 0.2) is 11.5 Å². The van der Waals surface area contributed by atoms with Crippen molar-refractivity contribution in [2.75, 3.05) is 18.0 Å². The van der Waals surface area contributed by atoms with E-state index in [1.807, 2.05) is 6.07 Å². The quantitative estimate of drug-likeness (QED) is 0.334. The number of nitriles is 1. The molecular formula is C38H38ClFN8O5. The molecule has 15 heteroatoms. The number of benzene rings is 2. The average Bonchev–Trinajstić information content (AvgIpc) is 3.62. The van der Waals surface area contributed by atoms with Gasteiger partial charge in [-0.25, -0.2) is 4.39 Å². The van der Waals surface area contributed by atoms with Crippen molar-refractivity contribution in [1.29, 1.82) is 5.26 Å². The van der Waals surface area contributed by atoms with Crippen LogP contribution in [0.1, 0.15) is 88.9 Å². The molecule has 2 bridgehead atoms. The van der Waals surface area contributed by atoms with Crippen molar-refractivity contribution in [1.82, 2.24) is 24.9 Å². The van der Waals surface area contributed by atoms with Crippen molar-refractivity contribution in [3.8, 4) is 11.8 Å². The first kappa shape index (κ1) is 34.9. The zero-order valence-corrected chi connectivity index (χ0v) is 29.7. The number of carbonyl (C=O) groups excluding carboxylic acids is 4.